The van der Waals surface area contributed by atoms with Crippen molar-refractivity contribution in [2.75, 3.05) is 0 Å². The summed E-state index contributed by atoms with van der Waals surface area (Å²) in [5.74, 6) is 0. The maximum absolute atomic E-state index is 5.91. The summed E-state index contributed by atoms with van der Waals surface area (Å²) in [4.78, 5) is 0. The highest BCUT2D eigenvalue weighted by Crippen LogP contribution is 2.31. The molecule has 0 unspecified atom stereocenters. The molecule has 2 rings (SSSR count). The summed E-state index contributed by atoms with van der Waals surface area (Å²) in [5.41, 5.74) is 17.5. The predicted molar refractivity (Wildman–Crippen MR) is 107 cm³/mol. The molecule has 0 radical (unpaired) electrons. The molecule has 1 heteroatoms. The Kier molecular flexibility index (Phi) is 5.80. The Hall–Kier alpha value is -2.12. The lowest BCUT2D eigenvalue weighted by molar-refractivity contribution is 1.05. The molecule has 24 heavy (non-hydrogen) atoms. The van der Waals surface area contributed by atoms with Gasteiger partial charge in [0.25, 0.3) is 0 Å². The van der Waals surface area contributed by atoms with E-state index in [0.717, 1.165) is 0 Å². The van der Waals surface area contributed by atoms with Crippen molar-refractivity contribution in [3.8, 4) is 0 Å². The van der Waals surface area contributed by atoms with Gasteiger partial charge in [0.15, 0.2) is 0 Å². The smallest absolute Gasteiger partial charge is 0.0180 e. The van der Waals surface area contributed by atoms with Crippen molar-refractivity contribution in [3.05, 3.63) is 81.4 Å². The second kappa shape index (κ2) is 7.63. The van der Waals surface area contributed by atoms with E-state index in [0.29, 0.717) is 6.54 Å². The maximum atomic E-state index is 5.91. The van der Waals surface area contributed by atoms with Gasteiger partial charge in [-0.2, -0.15) is 0 Å². The number of benzene rings is 2. The van der Waals surface area contributed by atoms with E-state index in [1.54, 1.807) is 0 Å². The summed E-state index contributed by atoms with van der Waals surface area (Å²) in [7, 11) is 0. The van der Waals surface area contributed by atoms with Crippen LogP contribution in [0.1, 0.15) is 52.8 Å². The third-order valence-electron chi connectivity index (χ3n) is 4.86. The lowest BCUT2D eigenvalue weighted by Crippen LogP contribution is -2.00. The van der Waals surface area contributed by atoms with Crippen molar-refractivity contribution in [2.45, 2.75) is 48.1 Å². The third-order valence-corrected chi connectivity index (χ3v) is 4.86. The molecular formula is C23H29N. The van der Waals surface area contributed by atoms with Crippen molar-refractivity contribution in [3.63, 3.8) is 0 Å². The first-order valence-electron chi connectivity index (χ1n) is 8.60. The zero-order valence-electron chi connectivity index (χ0n) is 15.8. The molecule has 0 heterocycles. The van der Waals surface area contributed by atoms with Gasteiger partial charge >= 0.3 is 0 Å². The third kappa shape index (κ3) is 3.68. The zero-order valence-corrected chi connectivity index (χ0v) is 15.8. The molecule has 0 fully saturated rings. The lowest BCUT2D eigenvalue weighted by atomic mass is 9.89. The summed E-state index contributed by atoms with van der Waals surface area (Å²) in [5, 5.41) is 0. The van der Waals surface area contributed by atoms with Crippen molar-refractivity contribution < 1.29 is 0 Å². The van der Waals surface area contributed by atoms with E-state index in [9.17, 15) is 0 Å². The van der Waals surface area contributed by atoms with E-state index in [1.807, 2.05) is 0 Å². The van der Waals surface area contributed by atoms with Crippen LogP contribution in [0, 0.1) is 27.7 Å². The van der Waals surface area contributed by atoms with Crippen molar-refractivity contribution in [2.24, 2.45) is 5.73 Å². The van der Waals surface area contributed by atoms with E-state index in [-0.39, 0.29) is 0 Å². The van der Waals surface area contributed by atoms with Crippen LogP contribution in [0.2, 0.25) is 0 Å². The largest absolute Gasteiger partial charge is 0.326 e. The quantitative estimate of drug-likeness (QED) is 0.552. The second-order valence-electron chi connectivity index (χ2n) is 6.64. The first kappa shape index (κ1) is 18.2. The van der Waals surface area contributed by atoms with E-state index in [2.05, 4.69) is 84.0 Å². The molecule has 0 saturated carbocycles. The zero-order chi connectivity index (χ0) is 17.9. The van der Waals surface area contributed by atoms with E-state index >= 15 is 0 Å². The molecule has 0 aliphatic rings. The van der Waals surface area contributed by atoms with Crippen LogP contribution >= 0.6 is 0 Å². The van der Waals surface area contributed by atoms with Crippen molar-refractivity contribution in [1.82, 2.24) is 0 Å². The Labute approximate surface area is 146 Å². The predicted octanol–water partition coefficient (Wildman–Crippen LogP) is 5.89. The van der Waals surface area contributed by atoms with Gasteiger partial charge in [-0.05, 0) is 97.7 Å². The molecule has 0 atom stereocenters. The molecule has 2 N–H and O–H groups in total. The van der Waals surface area contributed by atoms with Gasteiger partial charge in [0.1, 0.15) is 0 Å². The number of nitrogens with two attached hydrogens (primary N) is 1. The minimum absolute atomic E-state index is 0.574. The number of rotatable bonds is 4. The number of hydrogen-bond donors (Lipinski definition) is 1. The first-order valence-corrected chi connectivity index (χ1v) is 8.60. The topological polar surface area (TPSA) is 26.0 Å². The van der Waals surface area contributed by atoms with Gasteiger partial charge in [0.05, 0.1) is 0 Å². The summed E-state index contributed by atoms with van der Waals surface area (Å²) in [6.07, 6.45) is 4.31. The highest BCUT2D eigenvalue weighted by atomic mass is 14.5. The number of hydrogen-bond acceptors (Lipinski definition) is 1. The molecular weight excluding hydrogens is 290 g/mol. The highest BCUT2D eigenvalue weighted by Gasteiger charge is 2.10. The van der Waals surface area contributed by atoms with Crippen LogP contribution < -0.4 is 5.73 Å². The van der Waals surface area contributed by atoms with Gasteiger partial charge in [0.2, 0.25) is 0 Å². The summed E-state index contributed by atoms with van der Waals surface area (Å²) < 4.78 is 0. The second-order valence-corrected chi connectivity index (χ2v) is 6.64. The standard InChI is InChI=1S/C23H29N/c1-7-8-22(20-10-9-15(2)21(13-20)14-24)19(6)23-12-17(4)16(3)11-18(23)5/h7-13H,14,24H2,1-6H3/b8-7-,22-19-. The monoisotopic (exact) mass is 319 g/mol. The van der Waals surface area contributed by atoms with Crippen LogP contribution in [0.15, 0.2) is 42.5 Å². The summed E-state index contributed by atoms with van der Waals surface area (Å²) >= 11 is 0. The van der Waals surface area contributed by atoms with E-state index in [4.69, 9.17) is 5.73 Å². The van der Waals surface area contributed by atoms with Crippen molar-refractivity contribution >= 4 is 11.1 Å². The van der Waals surface area contributed by atoms with Crippen LogP contribution in [0.4, 0.5) is 0 Å². The number of allylic oxidation sites excluding steroid dienone is 4. The first-order chi connectivity index (χ1) is 11.4. The Morgan fingerprint density at radius 1 is 0.917 bits per heavy atom. The van der Waals surface area contributed by atoms with Crippen molar-refractivity contribution in [1.29, 1.82) is 0 Å². The molecule has 0 aliphatic carbocycles. The molecule has 0 aromatic heterocycles. The van der Waals surface area contributed by atoms with Crippen LogP contribution in [-0.2, 0) is 6.54 Å². The van der Waals surface area contributed by atoms with Gasteiger partial charge in [-0.3, -0.25) is 0 Å². The van der Waals surface area contributed by atoms with Crippen LogP contribution in [0.25, 0.3) is 11.1 Å². The molecule has 0 spiro atoms. The molecule has 2 aromatic carbocycles. The maximum Gasteiger partial charge on any atom is 0.0180 e. The molecule has 0 amide bonds. The molecule has 0 aliphatic heterocycles. The van der Waals surface area contributed by atoms with E-state index in [1.165, 1.54) is 50.1 Å². The normalized spacial score (nSPS) is 12.6. The fraction of sp³-hybridized carbons (Fsp3) is 0.304. The Morgan fingerprint density at radius 2 is 1.58 bits per heavy atom. The SMILES string of the molecule is C/C=C\C(=C(/C)c1cc(C)c(C)cc1C)c1ccc(C)c(CN)c1. The lowest BCUT2D eigenvalue weighted by Gasteiger charge is -2.16. The Balaban J connectivity index is 2.69. The van der Waals surface area contributed by atoms with Crippen LogP contribution in [0.5, 0.6) is 0 Å². The highest BCUT2D eigenvalue weighted by molar-refractivity contribution is 5.95. The molecule has 0 saturated heterocycles. The van der Waals surface area contributed by atoms with Gasteiger partial charge in [-0.15, -0.1) is 0 Å². The average molecular weight is 319 g/mol. The van der Waals surface area contributed by atoms with Gasteiger partial charge in [0, 0.05) is 6.54 Å². The van der Waals surface area contributed by atoms with E-state index < -0.39 is 0 Å². The van der Waals surface area contributed by atoms with Crippen LogP contribution in [0.3, 0.4) is 0 Å². The van der Waals surface area contributed by atoms with Gasteiger partial charge in [-0.25, -0.2) is 0 Å². The van der Waals surface area contributed by atoms with Gasteiger partial charge in [-0.1, -0.05) is 36.4 Å². The fourth-order valence-corrected chi connectivity index (χ4v) is 3.17. The minimum Gasteiger partial charge on any atom is -0.326 e. The summed E-state index contributed by atoms with van der Waals surface area (Å²) in [6.45, 7) is 13.5. The molecule has 2 aromatic rings. The fourth-order valence-electron chi connectivity index (χ4n) is 3.17. The molecule has 1 nitrogen and oxygen atoms in total. The summed E-state index contributed by atoms with van der Waals surface area (Å²) in [6, 6.07) is 11.2. The van der Waals surface area contributed by atoms with Gasteiger partial charge < -0.3 is 5.73 Å². The Bertz CT molecular complexity index is 807. The minimum atomic E-state index is 0.574. The van der Waals surface area contributed by atoms with Crippen LogP contribution in [-0.4, -0.2) is 0 Å². The number of aryl methyl sites for hydroxylation is 4. The Morgan fingerprint density at radius 3 is 2.21 bits per heavy atom. The average Bonchev–Trinajstić information content (AvgIpc) is 2.56. The molecule has 0 bridgehead atoms. The molecule has 126 valence electrons.